The van der Waals surface area contributed by atoms with Crippen LogP contribution in [0.2, 0.25) is 0 Å². The van der Waals surface area contributed by atoms with E-state index in [-0.39, 0.29) is 88.2 Å². The average Bonchev–Trinajstić information content (AvgIpc) is 3.95. The summed E-state index contributed by atoms with van der Waals surface area (Å²) in [5, 5.41) is 0. The highest BCUT2D eigenvalue weighted by Gasteiger charge is 2.37. The minimum atomic E-state index is -0.335. The van der Waals surface area contributed by atoms with Gasteiger partial charge in [0.25, 0.3) is 11.8 Å². The maximum atomic E-state index is 13.8. The molecule has 3 amide bonds. The van der Waals surface area contributed by atoms with E-state index in [0.29, 0.717) is 134 Å². The zero-order chi connectivity index (χ0) is 52.4. The number of methoxy groups -OCH3 is 3. The van der Waals surface area contributed by atoms with Crippen LogP contribution in [0, 0.1) is 5.92 Å². The van der Waals surface area contributed by atoms with Crippen LogP contribution in [0.3, 0.4) is 0 Å². The topological polar surface area (TPSA) is 208 Å². The Bertz CT molecular complexity index is 2520. The standard InChI is InChI=1S/C54H70N6O14/c1-7-37-23-41-31-56-46-29-50(48(67-6)27-44(46)54(64)60(41)33-37)74-35-39-25-42(24-38(57-39)34-73-49-28-45-43(26-47(49)66-5)53(63)59-32-36(3)22-40(59)30-55-45)72-15-13-58(12-9-10-52(62)71-8-2)51(61)11-14-68-18-19-70-21-20-69-17-16-65-4/h7,24-31,36,40-41H,8-23,32-35H2,1-6H3/b37-7+/t36?,40?,41-/m0/s1. The molecular formula is C54H70N6O14. The monoisotopic (exact) mass is 1030 g/mol. The molecule has 2 saturated heterocycles. The van der Waals surface area contributed by atoms with Crippen LogP contribution in [0.25, 0.3) is 0 Å². The SMILES string of the molecule is C/C=C1\C[C@H]2C=Nc3cc(OCc4cc(OCCN(CCCC(=O)OCC)C(=O)CCOCCOCCOCCOC)cc(COc5cc6c(cc5OC)C(=O)N5CC(C)CC5C=N6)n4)c(OC)cc3C(=O)N2C1. The van der Waals surface area contributed by atoms with E-state index in [1.807, 2.05) is 35.2 Å². The van der Waals surface area contributed by atoms with Gasteiger partial charge in [-0.1, -0.05) is 18.6 Å². The number of rotatable bonds is 29. The van der Waals surface area contributed by atoms with E-state index in [2.05, 4.69) is 6.92 Å². The first kappa shape index (κ1) is 55.1. The highest BCUT2D eigenvalue weighted by Crippen LogP contribution is 2.41. The molecule has 0 spiro atoms. The number of fused-ring (bicyclic) bond motifs is 4. The maximum Gasteiger partial charge on any atom is 0.305 e. The molecule has 0 aliphatic carbocycles. The van der Waals surface area contributed by atoms with E-state index in [1.54, 1.807) is 55.3 Å². The van der Waals surface area contributed by atoms with E-state index < -0.39 is 0 Å². The molecular weight excluding hydrogens is 957 g/mol. The molecule has 4 aliphatic rings. The Morgan fingerprint density at radius 3 is 1.89 bits per heavy atom. The molecule has 74 heavy (non-hydrogen) atoms. The first-order chi connectivity index (χ1) is 36.0. The molecule has 7 rings (SSSR count). The van der Waals surface area contributed by atoms with Gasteiger partial charge in [0.2, 0.25) is 5.91 Å². The lowest BCUT2D eigenvalue weighted by Crippen LogP contribution is -2.36. The summed E-state index contributed by atoms with van der Waals surface area (Å²) >= 11 is 0. The number of pyridine rings is 1. The van der Waals surface area contributed by atoms with Crippen LogP contribution in [-0.2, 0) is 46.5 Å². The lowest BCUT2D eigenvalue weighted by Gasteiger charge is -2.23. The summed E-state index contributed by atoms with van der Waals surface area (Å²) in [5.41, 5.74) is 3.92. The van der Waals surface area contributed by atoms with Crippen LogP contribution in [-0.4, -0.2) is 175 Å². The fourth-order valence-electron chi connectivity index (χ4n) is 9.08. The van der Waals surface area contributed by atoms with Crippen LogP contribution in [0.15, 0.2) is 58.0 Å². The second kappa shape index (κ2) is 27.6. The van der Waals surface area contributed by atoms with Crippen molar-refractivity contribution in [3.05, 3.63) is 70.6 Å². The van der Waals surface area contributed by atoms with Crippen LogP contribution < -0.4 is 23.7 Å². The zero-order valence-electron chi connectivity index (χ0n) is 43.5. The molecule has 0 saturated carbocycles. The zero-order valence-corrected chi connectivity index (χ0v) is 43.5. The van der Waals surface area contributed by atoms with Gasteiger partial charge in [0.05, 0.1) is 126 Å². The molecule has 2 aromatic carbocycles. The van der Waals surface area contributed by atoms with Crippen LogP contribution >= 0.6 is 0 Å². The Balaban J connectivity index is 1.06. The van der Waals surface area contributed by atoms with Crippen molar-refractivity contribution in [2.45, 2.75) is 78.2 Å². The minimum absolute atomic E-state index is 0.0411. The highest BCUT2D eigenvalue weighted by atomic mass is 16.6. The summed E-state index contributed by atoms with van der Waals surface area (Å²) < 4.78 is 57.3. The van der Waals surface area contributed by atoms with Gasteiger partial charge >= 0.3 is 5.97 Å². The molecule has 400 valence electrons. The number of esters is 1. The van der Waals surface area contributed by atoms with E-state index in [4.69, 9.17) is 62.3 Å². The third-order valence-electron chi connectivity index (χ3n) is 12.9. The van der Waals surface area contributed by atoms with Crippen molar-refractivity contribution in [2.75, 3.05) is 107 Å². The van der Waals surface area contributed by atoms with Crippen molar-refractivity contribution in [1.82, 2.24) is 19.7 Å². The van der Waals surface area contributed by atoms with E-state index in [1.165, 1.54) is 19.8 Å². The van der Waals surface area contributed by atoms with Gasteiger partial charge in [-0.2, -0.15) is 0 Å². The number of nitrogens with zero attached hydrogens (tertiary/aromatic N) is 6. The molecule has 4 aliphatic heterocycles. The number of carbonyl (C=O) groups is 4. The van der Waals surface area contributed by atoms with Crippen molar-refractivity contribution in [3.8, 4) is 28.7 Å². The molecule has 0 N–H and O–H groups in total. The predicted octanol–water partition coefficient (Wildman–Crippen LogP) is 6.34. The van der Waals surface area contributed by atoms with Gasteiger partial charge in [-0.25, -0.2) is 0 Å². The summed E-state index contributed by atoms with van der Waals surface area (Å²) in [6, 6.07) is 9.97. The molecule has 2 unspecified atom stereocenters. The quantitative estimate of drug-likeness (QED) is 0.0423. The van der Waals surface area contributed by atoms with Crippen molar-refractivity contribution >= 4 is 47.5 Å². The number of allylic oxidation sites excluding steroid dienone is 1. The molecule has 3 aromatic rings. The summed E-state index contributed by atoms with van der Waals surface area (Å²) in [6.45, 7) is 10.5. The Kier molecular flexibility index (Phi) is 20.6. The Labute approximate surface area is 432 Å². The van der Waals surface area contributed by atoms with Crippen molar-refractivity contribution < 1.29 is 66.5 Å². The van der Waals surface area contributed by atoms with Crippen molar-refractivity contribution in [2.24, 2.45) is 15.9 Å². The molecule has 5 heterocycles. The molecule has 2 fully saturated rings. The first-order valence-electron chi connectivity index (χ1n) is 25.3. The molecule has 20 nitrogen and oxygen atoms in total. The Hall–Kier alpha value is -6.61. The lowest BCUT2D eigenvalue weighted by molar-refractivity contribution is -0.144. The number of benzene rings is 2. The van der Waals surface area contributed by atoms with Crippen LogP contribution in [0.1, 0.15) is 85.0 Å². The minimum Gasteiger partial charge on any atom is -0.493 e. The predicted molar refractivity (Wildman–Crippen MR) is 274 cm³/mol. The lowest BCUT2D eigenvalue weighted by atomic mass is 10.1. The number of carbonyl (C=O) groups excluding carboxylic acids is 4. The smallest absolute Gasteiger partial charge is 0.305 e. The number of ether oxygens (including phenoxy) is 10. The number of amides is 3. The second-order valence-electron chi connectivity index (χ2n) is 18.2. The third-order valence-corrected chi connectivity index (χ3v) is 12.9. The number of hydrogen-bond donors (Lipinski definition) is 0. The summed E-state index contributed by atoms with van der Waals surface area (Å²) in [7, 11) is 4.64. The molecule has 3 atom stereocenters. The molecule has 0 radical (unpaired) electrons. The van der Waals surface area contributed by atoms with E-state index in [0.717, 1.165) is 12.8 Å². The van der Waals surface area contributed by atoms with Crippen molar-refractivity contribution in [1.29, 1.82) is 0 Å². The second-order valence-corrected chi connectivity index (χ2v) is 18.2. The fourth-order valence-corrected chi connectivity index (χ4v) is 9.08. The summed E-state index contributed by atoms with van der Waals surface area (Å²) in [4.78, 5) is 72.9. The summed E-state index contributed by atoms with van der Waals surface area (Å²) in [5.74, 6) is 1.48. The van der Waals surface area contributed by atoms with Gasteiger partial charge < -0.3 is 62.1 Å². The molecule has 0 bridgehead atoms. The number of hydrogen-bond acceptors (Lipinski definition) is 17. The maximum absolute atomic E-state index is 13.8. The van der Waals surface area contributed by atoms with Gasteiger partial charge in [-0.05, 0) is 51.2 Å². The Morgan fingerprint density at radius 1 is 0.703 bits per heavy atom. The van der Waals surface area contributed by atoms with Gasteiger partial charge in [-0.3, -0.25) is 34.1 Å². The molecule has 1 aromatic heterocycles. The van der Waals surface area contributed by atoms with E-state index in [9.17, 15) is 19.2 Å². The third kappa shape index (κ3) is 14.8. The van der Waals surface area contributed by atoms with Gasteiger partial charge in [0, 0.05) is 69.9 Å². The average molecular weight is 1030 g/mol. The largest absolute Gasteiger partial charge is 0.493 e. The normalized spacial score (nSPS) is 18.1. The van der Waals surface area contributed by atoms with E-state index >= 15 is 0 Å². The van der Waals surface area contributed by atoms with Crippen LogP contribution in [0.5, 0.6) is 28.7 Å². The van der Waals surface area contributed by atoms with Gasteiger partial charge in [0.15, 0.2) is 23.0 Å². The van der Waals surface area contributed by atoms with Crippen molar-refractivity contribution in [3.63, 3.8) is 0 Å². The Morgan fingerprint density at radius 2 is 1.30 bits per heavy atom. The fraction of sp³-hybridized carbons (Fsp3) is 0.537. The highest BCUT2D eigenvalue weighted by molar-refractivity contribution is 6.04. The van der Waals surface area contributed by atoms with Crippen LogP contribution in [0.4, 0.5) is 11.4 Å². The van der Waals surface area contributed by atoms with Gasteiger partial charge in [-0.15, -0.1) is 0 Å². The van der Waals surface area contributed by atoms with Gasteiger partial charge in [0.1, 0.15) is 25.6 Å². The first-order valence-corrected chi connectivity index (χ1v) is 25.3. The number of aromatic nitrogens is 1. The number of aliphatic imine (C=N–C) groups is 2. The molecule has 20 heteroatoms. The summed E-state index contributed by atoms with van der Waals surface area (Å²) in [6.07, 6.45) is 7.91.